The van der Waals surface area contributed by atoms with E-state index in [2.05, 4.69) is 19.0 Å². The number of halogens is 2. The van der Waals surface area contributed by atoms with Gasteiger partial charge >= 0.3 is 0 Å². The number of benzene rings is 1. The summed E-state index contributed by atoms with van der Waals surface area (Å²) in [7, 11) is 0. The van der Waals surface area contributed by atoms with Crippen molar-refractivity contribution < 1.29 is 4.79 Å². The number of pyridine rings is 1. The molecule has 0 fully saturated rings. The number of hydrogen-bond donors (Lipinski definition) is 1. The van der Waals surface area contributed by atoms with Gasteiger partial charge in [0.1, 0.15) is 21.7 Å². The van der Waals surface area contributed by atoms with Crippen LogP contribution >= 0.6 is 23.2 Å². The number of carbonyl (C=O) groups excluding carboxylic acids is 1. The molecule has 5 nitrogen and oxygen atoms in total. The molecule has 1 aromatic heterocycles. The van der Waals surface area contributed by atoms with Gasteiger partial charge in [0.2, 0.25) is 0 Å². The Balaban J connectivity index is 1.91. The predicted octanol–water partition coefficient (Wildman–Crippen LogP) is 4.37. The van der Waals surface area contributed by atoms with Gasteiger partial charge in [-0.15, -0.1) is 0 Å². The molecule has 0 atom stereocenters. The van der Waals surface area contributed by atoms with Crippen LogP contribution in [-0.4, -0.2) is 10.9 Å². The largest absolute Gasteiger partial charge is 0.320 e. The zero-order chi connectivity index (χ0) is 14.1. The van der Waals surface area contributed by atoms with Crippen LogP contribution in [0.25, 0.3) is 0 Å². The van der Waals surface area contributed by atoms with Gasteiger partial charge in [-0.1, -0.05) is 29.3 Å². The van der Waals surface area contributed by atoms with E-state index in [4.69, 9.17) is 23.2 Å². The van der Waals surface area contributed by atoms with E-state index < -0.39 is 0 Å². The summed E-state index contributed by atoms with van der Waals surface area (Å²) in [5.74, 6) is -0.375. The van der Waals surface area contributed by atoms with Crippen LogP contribution in [0.2, 0.25) is 10.3 Å². The number of rotatable bonds is 2. The molecule has 0 spiro atoms. The molecule has 2 aromatic rings. The van der Waals surface area contributed by atoms with Crippen molar-refractivity contribution in [1.29, 1.82) is 0 Å². The van der Waals surface area contributed by atoms with E-state index in [1.54, 1.807) is 12.1 Å². The Kier molecular flexibility index (Phi) is 3.52. The van der Waals surface area contributed by atoms with Crippen molar-refractivity contribution in [3.63, 3.8) is 0 Å². The highest BCUT2D eigenvalue weighted by atomic mass is 35.5. The summed E-state index contributed by atoms with van der Waals surface area (Å²) in [6.07, 6.45) is 0. The van der Waals surface area contributed by atoms with Crippen LogP contribution in [0.5, 0.6) is 0 Å². The fourth-order valence-electron chi connectivity index (χ4n) is 1.68. The van der Waals surface area contributed by atoms with E-state index in [1.165, 1.54) is 12.1 Å². The molecule has 1 N–H and O–H groups in total. The van der Waals surface area contributed by atoms with Crippen molar-refractivity contribution in [1.82, 2.24) is 4.98 Å². The second-order valence-corrected chi connectivity index (χ2v) is 5.14. The van der Waals surface area contributed by atoms with Crippen LogP contribution in [-0.2, 0) is 11.4 Å². The van der Waals surface area contributed by atoms with Crippen LogP contribution in [0.4, 0.5) is 17.1 Å². The second-order valence-electron chi connectivity index (χ2n) is 3.86. The summed E-state index contributed by atoms with van der Waals surface area (Å²) in [5, 5.41) is 3.03. The Morgan fingerprint density at radius 3 is 2.80 bits per heavy atom. The minimum Gasteiger partial charge on any atom is -0.320 e. The van der Waals surface area contributed by atoms with Gasteiger partial charge in [-0.3, -0.25) is 4.79 Å². The summed E-state index contributed by atoms with van der Waals surface area (Å²) in [6.45, 7) is 0. The highest BCUT2D eigenvalue weighted by molar-refractivity contribution is 7.58. The Morgan fingerprint density at radius 1 is 1.15 bits per heavy atom. The normalized spacial score (nSPS) is 11.9. The predicted molar refractivity (Wildman–Crippen MR) is 80.2 cm³/mol. The molecule has 3 rings (SSSR count). The van der Waals surface area contributed by atoms with Crippen LogP contribution in [0.1, 0.15) is 10.4 Å². The molecule has 0 bridgehead atoms. The number of nitrogens with zero attached hydrogens (tertiary/aromatic N) is 3. The summed E-state index contributed by atoms with van der Waals surface area (Å²) < 4.78 is 8.26. The number of amides is 1. The minimum absolute atomic E-state index is 0.0542. The van der Waals surface area contributed by atoms with Crippen LogP contribution < -0.4 is 5.32 Å². The number of hydrogen-bond acceptors (Lipinski definition) is 4. The van der Waals surface area contributed by atoms with Crippen LogP contribution in [0.3, 0.4) is 0 Å². The van der Waals surface area contributed by atoms with E-state index in [0.717, 1.165) is 17.0 Å². The molecule has 100 valence electrons. The minimum atomic E-state index is -0.375. The van der Waals surface area contributed by atoms with E-state index in [1.807, 2.05) is 6.07 Å². The first kappa shape index (κ1) is 13.2. The summed E-state index contributed by atoms with van der Waals surface area (Å²) >= 11 is 12.7. The Labute approximate surface area is 127 Å². The lowest BCUT2D eigenvalue weighted by Gasteiger charge is -2.08. The highest BCUT2D eigenvalue weighted by Crippen LogP contribution is 2.38. The van der Waals surface area contributed by atoms with Gasteiger partial charge < -0.3 is 5.32 Å². The van der Waals surface area contributed by atoms with Gasteiger partial charge in [-0.2, -0.15) is 8.73 Å². The standard InChI is InChI=1S/C12H6Cl2N4OS/c13-9-5-4-6(11(14)16-9)12(19)15-7-2-1-3-8-10(7)18-20-17-8/h1-5H,(H,15,19). The summed E-state index contributed by atoms with van der Waals surface area (Å²) in [6, 6.07) is 8.39. The number of nitrogens with one attached hydrogen (secondary N) is 1. The molecule has 1 aliphatic heterocycles. The fourth-order valence-corrected chi connectivity index (χ4v) is 2.66. The fraction of sp³-hybridized carbons (Fsp3) is 0. The summed E-state index contributed by atoms with van der Waals surface area (Å²) in [5.41, 5.74) is 2.19. The first-order valence-corrected chi connectivity index (χ1v) is 6.98. The molecule has 20 heavy (non-hydrogen) atoms. The lowest BCUT2D eigenvalue weighted by molar-refractivity contribution is 0.102. The lowest BCUT2D eigenvalue weighted by Crippen LogP contribution is -2.13. The quantitative estimate of drug-likeness (QED) is 0.711. The maximum atomic E-state index is 12.2. The molecule has 0 radical (unpaired) electrons. The molecule has 0 unspecified atom stereocenters. The number of fused-ring (bicyclic) bond motifs is 1. The van der Waals surface area contributed by atoms with Crippen molar-refractivity contribution in [2.75, 3.05) is 5.32 Å². The molecular weight excluding hydrogens is 319 g/mol. The van der Waals surface area contributed by atoms with E-state index in [0.29, 0.717) is 11.4 Å². The van der Waals surface area contributed by atoms with Crippen molar-refractivity contribution in [3.8, 4) is 0 Å². The van der Waals surface area contributed by atoms with Crippen LogP contribution in [0.15, 0.2) is 39.1 Å². The van der Waals surface area contributed by atoms with Crippen molar-refractivity contribution in [2.24, 2.45) is 8.73 Å². The van der Waals surface area contributed by atoms with Crippen molar-refractivity contribution in [3.05, 3.63) is 46.2 Å². The number of aromatic nitrogens is 1. The van der Waals surface area contributed by atoms with E-state index >= 15 is 0 Å². The maximum Gasteiger partial charge on any atom is 0.258 e. The van der Waals surface area contributed by atoms with E-state index in [9.17, 15) is 4.79 Å². The first-order chi connectivity index (χ1) is 9.65. The third-order valence-corrected chi connectivity index (χ3v) is 3.63. The Bertz CT molecular complexity index is 787. The molecular formula is C12H6Cl2N4OS. The molecule has 0 saturated heterocycles. The van der Waals surface area contributed by atoms with Crippen molar-refractivity contribution >= 4 is 57.5 Å². The molecule has 2 heterocycles. The zero-order valence-electron chi connectivity index (χ0n) is 9.80. The number of anilines is 1. The zero-order valence-corrected chi connectivity index (χ0v) is 12.1. The molecule has 1 amide bonds. The average Bonchev–Trinajstić information content (AvgIpc) is 2.87. The molecule has 1 aliphatic rings. The van der Waals surface area contributed by atoms with Gasteiger partial charge in [-0.05, 0) is 24.3 Å². The smallest absolute Gasteiger partial charge is 0.258 e. The van der Waals surface area contributed by atoms with Crippen molar-refractivity contribution in [2.45, 2.75) is 0 Å². The Morgan fingerprint density at radius 2 is 2.00 bits per heavy atom. The Hall–Kier alpha value is -1.76. The molecule has 8 heteroatoms. The van der Waals surface area contributed by atoms with Crippen LogP contribution in [0, 0.1) is 0 Å². The maximum absolute atomic E-state index is 12.2. The second kappa shape index (κ2) is 5.32. The van der Waals surface area contributed by atoms with Gasteiger partial charge in [0.15, 0.2) is 0 Å². The van der Waals surface area contributed by atoms with Gasteiger partial charge in [-0.25, -0.2) is 4.98 Å². The lowest BCUT2D eigenvalue weighted by atomic mass is 10.2. The summed E-state index contributed by atoms with van der Waals surface area (Å²) in [4.78, 5) is 16.0. The highest BCUT2D eigenvalue weighted by Gasteiger charge is 2.16. The van der Waals surface area contributed by atoms with Gasteiger partial charge in [0.05, 0.1) is 22.6 Å². The average molecular weight is 325 g/mol. The molecule has 0 aliphatic carbocycles. The number of carbonyl (C=O) groups is 1. The third-order valence-electron chi connectivity index (χ3n) is 2.59. The molecule has 1 aromatic carbocycles. The first-order valence-electron chi connectivity index (χ1n) is 5.50. The van der Waals surface area contributed by atoms with Gasteiger partial charge in [0, 0.05) is 0 Å². The molecule has 0 saturated carbocycles. The van der Waals surface area contributed by atoms with E-state index in [-0.39, 0.29) is 21.8 Å². The topological polar surface area (TPSA) is 66.7 Å². The monoisotopic (exact) mass is 324 g/mol. The SMILES string of the molecule is O=C(Nc1cccc2c1N=S=N2)c1ccc(Cl)nc1Cl. The third kappa shape index (κ3) is 2.45. The van der Waals surface area contributed by atoms with Gasteiger partial charge in [0.25, 0.3) is 5.91 Å².